The summed E-state index contributed by atoms with van der Waals surface area (Å²) in [6.45, 7) is 2.76. The number of hydrogen-bond acceptors (Lipinski definition) is 3. The molecule has 5 nitrogen and oxygen atoms in total. The quantitative estimate of drug-likeness (QED) is 0.719. The molecule has 0 saturated carbocycles. The van der Waals surface area contributed by atoms with Crippen LogP contribution in [0.4, 0.5) is 0 Å². The van der Waals surface area contributed by atoms with Gasteiger partial charge in [0.05, 0.1) is 6.20 Å². The largest absolute Gasteiger partial charge is 0.350 e. The summed E-state index contributed by atoms with van der Waals surface area (Å²) < 4.78 is 2.99. The first-order valence-corrected chi connectivity index (χ1v) is 4.72. The average molecular weight is 192 g/mol. The topological polar surface area (TPSA) is 52.2 Å². The Bertz CT molecular complexity index is 485. The molecular weight excluding hydrogens is 180 g/mol. The van der Waals surface area contributed by atoms with Crippen molar-refractivity contribution in [1.29, 1.82) is 0 Å². The molecule has 0 aliphatic carbocycles. The molecule has 0 fully saturated rings. The minimum absolute atomic E-state index is 0.0872. The van der Waals surface area contributed by atoms with Gasteiger partial charge in [-0.1, -0.05) is 13.3 Å². The van der Waals surface area contributed by atoms with E-state index in [4.69, 9.17) is 0 Å². The molecule has 14 heavy (non-hydrogen) atoms. The zero-order chi connectivity index (χ0) is 9.97. The zero-order valence-electron chi connectivity index (χ0n) is 8.05. The molecule has 0 saturated heterocycles. The lowest BCUT2D eigenvalue weighted by Crippen LogP contribution is -2.20. The zero-order valence-corrected chi connectivity index (χ0v) is 8.05. The van der Waals surface area contributed by atoms with Crippen molar-refractivity contribution >= 4 is 5.65 Å². The second-order valence-corrected chi connectivity index (χ2v) is 3.16. The Hall–Kier alpha value is -1.65. The van der Waals surface area contributed by atoms with Gasteiger partial charge in [-0.3, -0.25) is 4.98 Å². The third-order valence-electron chi connectivity index (χ3n) is 2.11. The summed E-state index contributed by atoms with van der Waals surface area (Å²) in [7, 11) is 0. The van der Waals surface area contributed by atoms with Crippen LogP contribution in [0, 0.1) is 0 Å². The number of rotatable bonds is 3. The van der Waals surface area contributed by atoms with Gasteiger partial charge in [0.15, 0.2) is 5.65 Å². The maximum absolute atomic E-state index is 11.7. The summed E-state index contributed by atoms with van der Waals surface area (Å²) in [5, 5.41) is 4.15. The van der Waals surface area contributed by atoms with E-state index in [-0.39, 0.29) is 5.69 Å². The first-order valence-electron chi connectivity index (χ1n) is 4.72. The highest BCUT2D eigenvalue weighted by Gasteiger charge is 2.04. The molecule has 0 radical (unpaired) electrons. The van der Waals surface area contributed by atoms with E-state index >= 15 is 0 Å². The van der Waals surface area contributed by atoms with Crippen molar-refractivity contribution in [3.63, 3.8) is 0 Å². The van der Waals surface area contributed by atoms with Crippen molar-refractivity contribution in [2.45, 2.75) is 26.3 Å². The van der Waals surface area contributed by atoms with Gasteiger partial charge in [-0.15, -0.1) is 5.10 Å². The SMILES string of the molecule is CCCCn1nc2cnccn2c1=O. The second-order valence-electron chi connectivity index (χ2n) is 3.16. The van der Waals surface area contributed by atoms with E-state index in [9.17, 15) is 4.79 Å². The summed E-state index contributed by atoms with van der Waals surface area (Å²) in [6, 6.07) is 0. The molecule has 0 unspecified atom stereocenters. The van der Waals surface area contributed by atoms with E-state index in [1.165, 1.54) is 9.08 Å². The standard InChI is InChI=1S/C9H12N4O/c1-2-3-5-13-9(14)12-6-4-10-7-8(12)11-13/h4,6-7H,2-3,5H2,1H3. The van der Waals surface area contributed by atoms with Gasteiger partial charge in [-0.2, -0.15) is 0 Å². The van der Waals surface area contributed by atoms with Gasteiger partial charge in [0.1, 0.15) is 0 Å². The monoisotopic (exact) mass is 192 g/mol. The Morgan fingerprint density at radius 3 is 3.07 bits per heavy atom. The van der Waals surface area contributed by atoms with E-state index in [1.54, 1.807) is 18.6 Å². The molecule has 2 aromatic rings. The molecule has 74 valence electrons. The van der Waals surface area contributed by atoms with Gasteiger partial charge in [0.2, 0.25) is 0 Å². The van der Waals surface area contributed by atoms with E-state index in [0.29, 0.717) is 12.2 Å². The number of unbranched alkanes of at least 4 members (excludes halogenated alkanes) is 1. The molecule has 2 heterocycles. The fourth-order valence-electron chi connectivity index (χ4n) is 1.33. The molecule has 0 aliphatic rings. The van der Waals surface area contributed by atoms with Crippen LogP contribution >= 0.6 is 0 Å². The molecule has 0 atom stereocenters. The van der Waals surface area contributed by atoms with Gasteiger partial charge in [-0.05, 0) is 6.42 Å². The van der Waals surface area contributed by atoms with Crippen LogP contribution in [0.1, 0.15) is 19.8 Å². The Morgan fingerprint density at radius 1 is 1.50 bits per heavy atom. The first-order chi connectivity index (χ1) is 6.83. The first kappa shape index (κ1) is 8.93. The fraction of sp³-hybridized carbons (Fsp3) is 0.444. The molecule has 0 spiro atoms. The van der Waals surface area contributed by atoms with E-state index in [2.05, 4.69) is 17.0 Å². The van der Waals surface area contributed by atoms with Crippen LogP contribution < -0.4 is 5.69 Å². The van der Waals surface area contributed by atoms with E-state index < -0.39 is 0 Å². The van der Waals surface area contributed by atoms with Gasteiger partial charge in [-0.25, -0.2) is 13.9 Å². The van der Waals surface area contributed by atoms with Crippen LogP contribution in [0.3, 0.4) is 0 Å². The van der Waals surface area contributed by atoms with Gasteiger partial charge in [0, 0.05) is 18.9 Å². The average Bonchev–Trinajstić information content (AvgIpc) is 2.54. The van der Waals surface area contributed by atoms with Crippen molar-refractivity contribution < 1.29 is 0 Å². The molecule has 0 N–H and O–H groups in total. The van der Waals surface area contributed by atoms with Crippen LogP contribution in [0.5, 0.6) is 0 Å². The maximum atomic E-state index is 11.7. The Balaban J connectivity index is 2.47. The van der Waals surface area contributed by atoms with Crippen molar-refractivity contribution in [3.8, 4) is 0 Å². The Morgan fingerprint density at radius 2 is 2.36 bits per heavy atom. The minimum atomic E-state index is -0.0872. The summed E-state index contributed by atoms with van der Waals surface area (Å²) in [5.74, 6) is 0. The van der Waals surface area contributed by atoms with Crippen LogP contribution in [0.15, 0.2) is 23.4 Å². The van der Waals surface area contributed by atoms with E-state index in [1.807, 2.05) is 0 Å². The summed E-state index contributed by atoms with van der Waals surface area (Å²) in [5.41, 5.74) is 0.518. The lowest BCUT2D eigenvalue weighted by molar-refractivity contribution is 0.554. The second kappa shape index (κ2) is 3.61. The molecule has 2 rings (SSSR count). The lowest BCUT2D eigenvalue weighted by atomic mass is 10.3. The van der Waals surface area contributed by atoms with Crippen molar-refractivity contribution in [3.05, 3.63) is 29.1 Å². The third kappa shape index (κ3) is 1.41. The molecule has 2 aromatic heterocycles. The number of aromatic nitrogens is 4. The highest BCUT2D eigenvalue weighted by Crippen LogP contribution is 1.94. The molecule has 5 heteroatoms. The molecular formula is C9H12N4O. The highest BCUT2D eigenvalue weighted by atomic mass is 16.2. The molecule has 0 bridgehead atoms. The number of hydrogen-bond donors (Lipinski definition) is 0. The van der Waals surface area contributed by atoms with Crippen molar-refractivity contribution in [2.75, 3.05) is 0 Å². The van der Waals surface area contributed by atoms with Crippen molar-refractivity contribution in [2.24, 2.45) is 0 Å². The summed E-state index contributed by atoms with van der Waals surface area (Å²) in [6.07, 6.45) is 6.83. The van der Waals surface area contributed by atoms with Crippen LogP contribution in [0.2, 0.25) is 0 Å². The minimum Gasteiger partial charge on any atom is -0.259 e. The molecule has 0 aliphatic heterocycles. The number of aryl methyl sites for hydroxylation is 1. The lowest BCUT2D eigenvalue weighted by Gasteiger charge is -1.94. The predicted molar refractivity (Wildman–Crippen MR) is 52.2 cm³/mol. The van der Waals surface area contributed by atoms with Crippen LogP contribution in [-0.4, -0.2) is 19.2 Å². The number of nitrogens with zero attached hydrogens (tertiary/aromatic N) is 4. The normalized spacial score (nSPS) is 10.9. The van der Waals surface area contributed by atoms with E-state index in [0.717, 1.165) is 12.8 Å². The van der Waals surface area contributed by atoms with Crippen LogP contribution in [0.25, 0.3) is 5.65 Å². The highest BCUT2D eigenvalue weighted by molar-refractivity contribution is 5.31. The molecule has 0 amide bonds. The maximum Gasteiger partial charge on any atom is 0.350 e. The summed E-state index contributed by atoms with van der Waals surface area (Å²) >= 11 is 0. The summed E-state index contributed by atoms with van der Waals surface area (Å²) in [4.78, 5) is 15.6. The smallest absolute Gasteiger partial charge is 0.259 e. The number of fused-ring (bicyclic) bond motifs is 1. The van der Waals surface area contributed by atoms with Gasteiger partial charge < -0.3 is 0 Å². The van der Waals surface area contributed by atoms with Crippen LogP contribution in [-0.2, 0) is 6.54 Å². The Kier molecular flexibility index (Phi) is 2.30. The predicted octanol–water partition coefficient (Wildman–Crippen LogP) is 0.691. The van der Waals surface area contributed by atoms with Gasteiger partial charge >= 0.3 is 5.69 Å². The molecule has 0 aromatic carbocycles. The Labute approximate surface area is 81.0 Å². The van der Waals surface area contributed by atoms with Gasteiger partial charge in [0.25, 0.3) is 0 Å². The third-order valence-corrected chi connectivity index (χ3v) is 2.11. The van der Waals surface area contributed by atoms with Crippen molar-refractivity contribution in [1.82, 2.24) is 19.2 Å². The fourth-order valence-corrected chi connectivity index (χ4v) is 1.33.